The predicted molar refractivity (Wildman–Crippen MR) is 103 cm³/mol. The summed E-state index contributed by atoms with van der Waals surface area (Å²) in [6.45, 7) is 1.51. The van der Waals surface area contributed by atoms with Gasteiger partial charge in [0.25, 0.3) is 0 Å². The highest BCUT2D eigenvalue weighted by atomic mass is 32.1. The molecule has 4 rings (SSSR count). The third-order valence-corrected chi connectivity index (χ3v) is 6.20. The number of carbonyl (C=O) groups excluding carboxylic acids is 1. The fourth-order valence-corrected chi connectivity index (χ4v) is 4.66. The number of nitrogens with zero attached hydrogens (tertiary/aromatic N) is 2. The Morgan fingerprint density at radius 1 is 1.19 bits per heavy atom. The number of aryl methyl sites for hydroxylation is 1. The quantitative estimate of drug-likeness (QED) is 0.664. The number of piperidine rings is 1. The van der Waals surface area contributed by atoms with Gasteiger partial charge in [-0.25, -0.2) is 9.37 Å². The molecule has 1 aromatic heterocycles. The lowest BCUT2D eigenvalue weighted by atomic mass is 9.98. The zero-order valence-electron chi connectivity index (χ0n) is 14.5. The standard InChI is InChI=1S/C21H21FN2OS/c22-17-8-2-1-6-15(17)11-12-20(25)24-13-5-7-16(14-24)21-23-18-9-3-4-10-19(18)26-21/h1-4,6,8-10,16H,5,7,11-14H2/t16-/m0/s1. The number of carbonyl (C=O) groups is 1. The lowest BCUT2D eigenvalue weighted by molar-refractivity contribution is -0.132. The Kier molecular flexibility index (Phi) is 4.98. The largest absolute Gasteiger partial charge is 0.342 e. The van der Waals surface area contributed by atoms with Crippen molar-refractivity contribution in [2.75, 3.05) is 13.1 Å². The molecule has 5 heteroatoms. The fourth-order valence-electron chi connectivity index (χ4n) is 3.57. The van der Waals surface area contributed by atoms with Crippen LogP contribution in [0, 0.1) is 5.82 Å². The Morgan fingerprint density at radius 2 is 2.00 bits per heavy atom. The molecule has 1 fully saturated rings. The summed E-state index contributed by atoms with van der Waals surface area (Å²) in [5.41, 5.74) is 1.65. The first-order chi connectivity index (χ1) is 12.7. The predicted octanol–water partition coefficient (Wildman–Crippen LogP) is 4.77. The van der Waals surface area contributed by atoms with Crippen molar-refractivity contribution in [3.63, 3.8) is 0 Å². The summed E-state index contributed by atoms with van der Waals surface area (Å²) in [5.74, 6) is 0.184. The van der Waals surface area contributed by atoms with Gasteiger partial charge in [0, 0.05) is 25.4 Å². The van der Waals surface area contributed by atoms with Gasteiger partial charge in [0.1, 0.15) is 5.82 Å². The van der Waals surface area contributed by atoms with Gasteiger partial charge in [-0.05, 0) is 43.0 Å². The van der Waals surface area contributed by atoms with Crippen LogP contribution in [0.4, 0.5) is 4.39 Å². The minimum absolute atomic E-state index is 0.110. The minimum atomic E-state index is -0.230. The Bertz CT molecular complexity index is 890. The van der Waals surface area contributed by atoms with Crippen LogP contribution in [0.25, 0.3) is 10.2 Å². The van der Waals surface area contributed by atoms with Crippen LogP contribution in [0.5, 0.6) is 0 Å². The van der Waals surface area contributed by atoms with E-state index in [2.05, 4.69) is 6.07 Å². The number of amides is 1. The second-order valence-electron chi connectivity index (χ2n) is 6.79. The first-order valence-corrected chi connectivity index (χ1v) is 9.89. The smallest absolute Gasteiger partial charge is 0.222 e. The third-order valence-electron chi connectivity index (χ3n) is 5.00. The van der Waals surface area contributed by atoms with Crippen molar-refractivity contribution >= 4 is 27.5 Å². The summed E-state index contributed by atoms with van der Waals surface area (Å²) < 4.78 is 14.9. The van der Waals surface area contributed by atoms with Gasteiger partial charge in [0.2, 0.25) is 5.91 Å². The fraction of sp³-hybridized carbons (Fsp3) is 0.333. The van der Waals surface area contributed by atoms with Crippen molar-refractivity contribution in [1.82, 2.24) is 9.88 Å². The number of benzene rings is 2. The molecular weight excluding hydrogens is 347 g/mol. The summed E-state index contributed by atoms with van der Waals surface area (Å²) in [4.78, 5) is 19.3. The Balaban J connectivity index is 1.41. The molecule has 1 aliphatic heterocycles. The Morgan fingerprint density at radius 3 is 2.85 bits per heavy atom. The number of hydrogen-bond acceptors (Lipinski definition) is 3. The van der Waals surface area contributed by atoms with Gasteiger partial charge in [-0.1, -0.05) is 30.3 Å². The number of halogens is 1. The molecule has 0 N–H and O–H groups in total. The molecule has 1 atom stereocenters. The molecule has 1 saturated heterocycles. The highest BCUT2D eigenvalue weighted by molar-refractivity contribution is 7.18. The van der Waals surface area contributed by atoms with Crippen LogP contribution in [0.15, 0.2) is 48.5 Å². The number of fused-ring (bicyclic) bond motifs is 1. The molecule has 0 spiro atoms. The zero-order valence-corrected chi connectivity index (χ0v) is 15.3. The van der Waals surface area contributed by atoms with E-state index in [1.165, 1.54) is 10.8 Å². The molecule has 26 heavy (non-hydrogen) atoms. The van der Waals surface area contributed by atoms with Crippen LogP contribution < -0.4 is 0 Å². The molecule has 1 amide bonds. The molecule has 2 aromatic carbocycles. The SMILES string of the molecule is O=C(CCc1ccccc1F)N1CCC[C@H](c2nc3ccccc3s2)C1. The van der Waals surface area contributed by atoms with E-state index in [0.717, 1.165) is 36.5 Å². The van der Waals surface area contributed by atoms with Crippen molar-refractivity contribution in [2.24, 2.45) is 0 Å². The van der Waals surface area contributed by atoms with Crippen LogP contribution in [-0.2, 0) is 11.2 Å². The van der Waals surface area contributed by atoms with Crippen LogP contribution in [-0.4, -0.2) is 28.9 Å². The molecule has 3 aromatic rings. The summed E-state index contributed by atoms with van der Waals surface area (Å²) in [7, 11) is 0. The average Bonchev–Trinajstić information content (AvgIpc) is 3.11. The third kappa shape index (κ3) is 3.63. The number of para-hydroxylation sites is 1. The Hall–Kier alpha value is -2.27. The molecule has 0 unspecified atom stereocenters. The maximum Gasteiger partial charge on any atom is 0.222 e. The van der Waals surface area contributed by atoms with E-state index in [-0.39, 0.29) is 11.7 Å². The molecular formula is C21H21FN2OS. The van der Waals surface area contributed by atoms with Crippen molar-refractivity contribution in [3.05, 3.63) is 64.9 Å². The van der Waals surface area contributed by atoms with Gasteiger partial charge < -0.3 is 4.90 Å². The topological polar surface area (TPSA) is 33.2 Å². The van der Waals surface area contributed by atoms with Crippen molar-refractivity contribution in [1.29, 1.82) is 0 Å². The normalized spacial score (nSPS) is 17.6. The molecule has 3 nitrogen and oxygen atoms in total. The van der Waals surface area contributed by atoms with Gasteiger partial charge in [-0.2, -0.15) is 0 Å². The molecule has 134 valence electrons. The monoisotopic (exact) mass is 368 g/mol. The van der Waals surface area contributed by atoms with Crippen molar-refractivity contribution < 1.29 is 9.18 Å². The molecule has 0 bridgehead atoms. The van der Waals surface area contributed by atoms with Crippen LogP contribution in [0.1, 0.15) is 35.8 Å². The zero-order chi connectivity index (χ0) is 17.9. The second-order valence-corrected chi connectivity index (χ2v) is 7.85. The number of hydrogen-bond donors (Lipinski definition) is 0. The average molecular weight is 368 g/mol. The first-order valence-electron chi connectivity index (χ1n) is 9.07. The van der Waals surface area contributed by atoms with Crippen LogP contribution in [0.2, 0.25) is 0 Å². The number of likely N-dealkylation sites (tertiary alicyclic amines) is 1. The van der Waals surface area contributed by atoms with E-state index >= 15 is 0 Å². The lowest BCUT2D eigenvalue weighted by Gasteiger charge is -2.32. The molecule has 2 heterocycles. The highest BCUT2D eigenvalue weighted by Gasteiger charge is 2.26. The summed E-state index contributed by atoms with van der Waals surface area (Å²) in [5, 5.41) is 1.12. The molecule has 0 aliphatic carbocycles. The maximum atomic E-state index is 13.7. The highest BCUT2D eigenvalue weighted by Crippen LogP contribution is 2.33. The summed E-state index contributed by atoms with van der Waals surface area (Å²) in [6, 6.07) is 14.9. The number of rotatable bonds is 4. The molecule has 1 aliphatic rings. The van der Waals surface area contributed by atoms with Gasteiger partial charge >= 0.3 is 0 Å². The van der Waals surface area contributed by atoms with Gasteiger partial charge in [-0.15, -0.1) is 11.3 Å². The summed E-state index contributed by atoms with van der Waals surface area (Å²) in [6.07, 6.45) is 2.87. The number of thiazole rings is 1. The number of aromatic nitrogens is 1. The van der Waals surface area contributed by atoms with Gasteiger partial charge in [-0.3, -0.25) is 4.79 Å². The lowest BCUT2D eigenvalue weighted by Crippen LogP contribution is -2.39. The van der Waals surface area contributed by atoms with Gasteiger partial charge in [0.15, 0.2) is 0 Å². The van der Waals surface area contributed by atoms with Crippen LogP contribution >= 0.6 is 11.3 Å². The van der Waals surface area contributed by atoms with E-state index < -0.39 is 0 Å². The van der Waals surface area contributed by atoms with E-state index in [0.29, 0.717) is 24.3 Å². The van der Waals surface area contributed by atoms with E-state index in [1.807, 2.05) is 29.2 Å². The van der Waals surface area contributed by atoms with Crippen molar-refractivity contribution in [3.8, 4) is 0 Å². The maximum absolute atomic E-state index is 13.7. The van der Waals surface area contributed by atoms with Gasteiger partial charge in [0.05, 0.1) is 15.2 Å². The summed E-state index contributed by atoms with van der Waals surface area (Å²) >= 11 is 1.73. The van der Waals surface area contributed by atoms with E-state index in [4.69, 9.17) is 4.98 Å². The van der Waals surface area contributed by atoms with Crippen LogP contribution in [0.3, 0.4) is 0 Å². The van der Waals surface area contributed by atoms with E-state index in [9.17, 15) is 9.18 Å². The van der Waals surface area contributed by atoms with Crippen molar-refractivity contribution in [2.45, 2.75) is 31.6 Å². The second kappa shape index (κ2) is 7.54. The first kappa shape index (κ1) is 17.2. The van der Waals surface area contributed by atoms with E-state index in [1.54, 1.807) is 23.5 Å². The molecule has 0 radical (unpaired) electrons. The Labute approximate surface area is 156 Å². The minimum Gasteiger partial charge on any atom is -0.342 e. The molecule has 0 saturated carbocycles.